The van der Waals surface area contributed by atoms with Crippen molar-refractivity contribution in [2.24, 2.45) is 7.05 Å². The highest BCUT2D eigenvalue weighted by molar-refractivity contribution is 5.86. The predicted octanol–water partition coefficient (Wildman–Crippen LogP) is 2.08. The molecule has 0 amide bonds. The van der Waals surface area contributed by atoms with Gasteiger partial charge in [-0.3, -0.25) is 0 Å². The van der Waals surface area contributed by atoms with Gasteiger partial charge in [0.25, 0.3) is 0 Å². The normalized spacial score (nSPS) is 11.4. The van der Waals surface area contributed by atoms with E-state index in [0.717, 1.165) is 28.1 Å². The van der Waals surface area contributed by atoms with E-state index in [4.69, 9.17) is 10.2 Å². The van der Waals surface area contributed by atoms with Crippen molar-refractivity contribution in [1.29, 1.82) is 0 Å². The van der Waals surface area contributed by atoms with Gasteiger partial charge in [-0.2, -0.15) is 9.61 Å². The van der Waals surface area contributed by atoms with Crippen molar-refractivity contribution >= 4 is 22.6 Å². The van der Waals surface area contributed by atoms with E-state index in [1.54, 1.807) is 6.33 Å². The molecule has 4 rings (SSSR count). The summed E-state index contributed by atoms with van der Waals surface area (Å²) in [7, 11) is 1.94. The zero-order valence-electron chi connectivity index (χ0n) is 13.3. The summed E-state index contributed by atoms with van der Waals surface area (Å²) in [5.74, 6) is 0.714. The van der Waals surface area contributed by atoms with Crippen molar-refractivity contribution < 1.29 is 5.11 Å². The minimum absolute atomic E-state index is 0.144. The third-order valence-electron chi connectivity index (χ3n) is 3.94. The lowest BCUT2D eigenvalue weighted by atomic mass is 10.2. The second-order valence-corrected chi connectivity index (χ2v) is 5.66. The number of aromatic nitrogens is 5. The number of aliphatic hydroxyl groups is 1. The molecule has 0 radical (unpaired) electrons. The van der Waals surface area contributed by atoms with E-state index in [-0.39, 0.29) is 6.61 Å². The van der Waals surface area contributed by atoms with Gasteiger partial charge in [-0.15, -0.1) is 0 Å². The third kappa shape index (κ3) is 2.39. The molecule has 2 N–H and O–H groups in total. The van der Waals surface area contributed by atoms with Crippen LogP contribution in [0.5, 0.6) is 0 Å². The maximum atomic E-state index is 8.97. The molecule has 0 spiro atoms. The molecular weight excluding hydrogens is 304 g/mol. The summed E-state index contributed by atoms with van der Waals surface area (Å²) in [4.78, 5) is 9.11. The van der Waals surface area contributed by atoms with Crippen molar-refractivity contribution in [3.63, 3.8) is 0 Å². The fourth-order valence-electron chi connectivity index (χ4n) is 2.77. The molecule has 0 aliphatic heterocycles. The molecule has 0 aliphatic carbocycles. The van der Waals surface area contributed by atoms with E-state index in [1.807, 2.05) is 52.5 Å². The van der Waals surface area contributed by atoms with Gasteiger partial charge in [0, 0.05) is 31.8 Å². The lowest BCUT2D eigenvalue weighted by Gasteiger charge is -2.07. The Morgan fingerprint density at radius 1 is 1.21 bits per heavy atom. The molecule has 0 saturated heterocycles. The average Bonchev–Trinajstić information content (AvgIpc) is 3.19. The lowest BCUT2D eigenvalue weighted by Crippen LogP contribution is -2.08. The van der Waals surface area contributed by atoms with Gasteiger partial charge in [0.2, 0.25) is 0 Å². The number of hydrogen-bond acceptors (Lipinski definition) is 5. The fraction of sp³-hybridized carbons (Fsp3) is 0.235. The Labute approximate surface area is 138 Å². The number of hydrogen-bond donors (Lipinski definition) is 2. The highest BCUT2D eigenvalue weighted by Gasteiger charge is 2.15. The van der Waals surface area contributed by atoms with Crippen LogP contribution >= 0.6 is 0 Å². The fourth-order valence-corrected chi connectivity index (χ4v) is 2.77. The van der Waals surface area contributed by atoms with Crippen LogP contribution in [0.15, 0.2) is 42.7 Å². The van der Waals surface area contributed by atoms with E-state index in [9.17, 15) is 0 Å². The van der Waals surface area contributed by atoms with E-state index < -0.39 is 0 Å². The zero-order valence-corrected chi connectivity index (χ0v) is 13.3. The maximum absolute atomic E-state index is 8.97. The summed E-state index contributed by atoms with van der Waals surface area (Å²) < 4.78 is 3.75. The number of rotatable bonds is 5. The quantitative estimate of drug-likeness (QED) is 0.550. The molecule has 0 unspecified atom stereocenters. The average molecular weight is 322 g/mol. The van der Waals surface area contributed by atoms with Crippen LogP contribution in [0.25, 0.3) is 28.1 Å². The van der Waals surface area contributed by atoms with Gasteiger partial charge in [0.15, 0.2) is 22.6 Å². The number of imidazole rings is 1. The number of nitrogens with one attached hydrogen (secondary N) is 1. The number of fused-ring (bicyclic) bond motifs is 3. The van der Waals surface area contributed by atoms with Gasteiger partial charge in [0.05, 0.1) is 12.0 Å². The zero-order chi connectivity index (χ0) is 16.5. The molecule has 0 aliphatic rings. The van der Waals surface area contributed by atoms with E-state index in [0.29, 0.717) is 18.8 Å². The molecule has 0 fully saturated rings. The van der Waals surface area contributed by atoms with Gasteiger partial charge < -0.3 is 15.0 Å². The van der Waals surface area contributed by atoms with Gasteiger partial charge in [-0.25, -0.2) is 9.97 Å². The molecule has 0 bridgehead atoms. The Morgan fingerprint density at radius 3 is 2.83 bits per heavy atom. The van der Waals surface area contributed by atoms with E-state index in [2.05, 4.69) is 15.3 Å². The summed E-state index contributed by atoms with van der Waals surface area (Å²) in [6.45, 7) is 0.788. The minimum Gasteiger partial charge on any atom is -0.396 e. The van der Waals surface area contributed by atoms with Crippen LogP contribution in [0.1, 0.15) is 6.42 Å². The molecule has 3 aromatic heterocycles. The second kappa shape index (κ2) is 5.93. The standard InChI is InChI=1S/C17H18N6O/c1-22-11-19-15-16(18-8-5-9-24)20-14-10-13(21-23(14)17(15)22)12-6-3-2-4-7-12/h2-4,6-7,10-11,24H,5,8-9H2,1H3,(H,18,20). The highest BCUT2D eigenvalue weighted by Crippen LogP contribution is 2.25. The minimum atomic E-state index is 0.144. The van der Waals surface area contributed by atoms with Crippen molar-refractivity contribution in [3.05, 3.63) is 42.7 Å². The van der Waals surface area contributed by atoms with E-state index >= 15 is 0 Å². The molecular formula is C17H18N6O. The Hall–Kier alpha value is -2.93. The first kappa shape index (κ1) is 14.6. The summed E-state index contributed by atoms with van der Waals surface area (Å²) in [6.07, 6.45) is 2.42. The monoisotopic (exact) mass is 322 g/mol. The van der Waals surface area contributed by atoms with Crippen molar-refractivity contribution in [2.75, 3.05) is 18.5 Å². The summed E-state index contributed by atoms with van der Waals surface area (Å²) in [5.41, 5.74) is 4.34. The van der Waals surface area contributed by atoms with Crippen LogP contribution in [0.3, 0.4) is 0 Å². The highest BCUT2D eigenvalue weighted by atomic mass is 16.3. The SMILES string of the molecule is Cn1cnc2c(NCCCO)nc3cc(-c4ccccc4)nn3c21. The lowest BCUT2D eigenvalue weighted by molar-refractivity contribution is 0.292. The van der Waals surface area contributed by atoms with Crippen LogP contribution < -0.4 is 5.32 Å². The molecule has 7 heteroatoms. The van der Waals surface area contributed by atoms with Gasteiger partial charge in [-0.05, 0) is 6.42 Å². The summed E-state index contributed by atoms with van der Waals surface area (Å²) >= 11 is 0. The Balaban J connectivity index is 1.89. The van der Waals surface area contributed by atoms with Crippen LogP contribution in [-0.2, 0) is 7.05 Å². The van der Waals surface area contributed by atoms with Crippen molar-refractivity contribution in [1.82, 2.24) is 24.1 Å². The topological polar surface area (TPSA) is 80.3 Å². The number of aryl methyl sites for hydroxylation is 1. The first-order chi connectivity index (χ1) is 11.8. The molecule has 122 valence electrons. The third-order valence-corrected chi connectivity index (χ3v) is 3.94. The van der Waals surface area contributed by atoms with Crippen molar-refractivity contribution in [2.45, 2.75) is 6.42 Å². The first-order valence-electron chi connectivity index (χ1n) is 7.89. The second-order valence-electron chi connectivity index (χ2n) is 5.66. The van der Waals surface area contributed by atoms with Gasteiger partial charge in [-0.1, -0.05) is 30.3 Å². The van der Waals surface area contributed by atoms with E-state index in [1.165, 1.54) is 0 Å². The van der Waals surface area contributed by atoms with Gasteiger partial charge in [0.1, 0.15) is 0 Å². The number of benzene rings is 1. The van der Waals surface area contributed by atoms with Crippen LogP contribution in [0.4, 0.5) is 5.82 Å². The van der Waals surface area contributed by atoms with Crippen LogP contribution in [0, 0.1) is 0 Å². The Bertz CT molecular complexity index is 989. The van der Waals surface area contributed by atoms with Crippen LogP contribution in [0.2, 0.25) is 0 Å². The number of aliphatic hydroxyl groups excluding tert-OH is 1. The Kier molecular flexibility index (Phi) is 3.62. The smallest absolute Gasteiger partial charge is 0.167 e. The molecule has 7 nitrogen and oxygen atoms in total. The molecule has 0 atom stereocenters. The molecule has 1 aromatic carbocycles. The largest absolute Gasteiger partial charge is 0.396 e. The number of anilines is 1. The molecule has 4 aromatic rings. The van der Waals surface area contributed by atoms with Crippen LogP contribution in [-0.4, -0.2) is 42.4 Å². The Morgan fingerprint density at radius 2 is 2.04 bits per heavy atom. The van der Waals surface area contributed by atoms with Gasteiger partial charge >= 0.3 is 0 Å². The maximum Gasteiger partial charge on any atom is 0.167 e. The molecule has 24 heavy (non-hydrogen) atoms. The summed E-state index contributed by atoms with van der Waals surface area (Å²) in [5, 5.41) is 16.9. The van der Waals surface area contributed by atoms with Crippen molar-refractivity contribution in [3.8, 4) is 11.3 Å². The number of nitrogens with zero attached hydrogens (tertiary/aromatic N) is 5. The molecule has 3 heterocycles. The first-order valence-corrected chi connectivity index (χ1v) is 7.89. The summed E-state index contributed by atoms with van der Waals surface area (Å²) in [6, 6.07) is 12.0. The predicted molar refractivity (Wildman–Crippen MR) is 92.9 cm³/mol. The molecule has 0 saturated carbocycles.